The highest BCUT2D eigenvalue weighted by molar-refractivity contribution is 4.64. The third kappa shape index (κ3) is 5.56. The minimum atomic E-state index is 0.531. The molecule has 0 aliphatic carbocycles. The van der Waals surface area contributed by atoms with Crippen molar-refractivity contribution in [2.24, 2.45) is 5.92 Å². The number of ether oxygens (including phenoxy) is 1. The lowest BCUT2D eigenvalue weighted by Gasteiger charge is -2.16. The number of nitrogens with one attached hydrogen (secondary N) is 1. The summed E-state index contributed by atoms with van der Waals surface area (Å²) in [5.41, 5.74) is 0. The van der Waals surface area contributed by atoms with Crippen LogP contribution in [0.2, 0.25) is 0 Å². The molecule has 0 bridgehead atoms. The average molecular weight is 173 g/mol. The van der Waals surface area contributed by atoms with E-state index in [-0.39, 0.29) is 0 Å². The molecule has 0 aromatic carbocycles. The highest BCUT2D eigenvalue weighted by Crippen LogP contribution is 2.11. The van der Waals surface area contributed by atoms with Gasteiger partial charge in [-0.3, -0.25) is 0 Å². The Balaban J connectivity index is 3.43. The van der Waals surface area contributed by atoms with Crippen molar-refractivity contribution in [2.75, 3.05) is 20.8 Å². The summed E-state index contributed by atoms with van der Waals surface area (Å²) in [4.78, 5) is 0. The van der Waals surface area contributed by atoms with Crippen molar-refractivity contribution in [2.45, 2.75) is 39.2 Å². The highest BCUT2D eigenvalue weighted by Gasteiger charge is 2.07. The van der Waals surface area contributed by atoms with Crippen LogP contribution in [0.3, 0.4) is 0 Å². The first-order valence-corrected chi connectivity index (χ1v) is 4.90. The van der Waals surface area contributed by atoms with Crippen LogP contribution in [-0.2, 0) is 4.74 Å². The molecule has 2 heteroatoms. The molecule has 0 aliphatic heterocycles. The number of methoxy groups -OCH3 is 1. The molecule has 1 N–H and O–H groups in total. The van der Waals surface area contributed by atoms with Crippen LogP contribution in [0.4, 0.5) is 0 Å². The molecule has 74 valence electrons. The Hall–Kier alpha value is -0.0800. The Morgan fingerprint density at radius 3 is 2.42 bits per heavy atom. The van der Waals surface area contributed by atoms with E-state index in [4.69, 9.17) is 4.74 Å². The predicted octanol–water partition coefficient (Wildman–Crippen LogP) is 2.05. The molecule has 2 unspecified atom stereocenters. The molecule has 0 heterocycles. The van der Waals surface area contributed by atoms with Crippen molar-refractivity contribution in [1.82, 2.24) is 5.32 Å². The zero-order valence-electron chi connectivity index (χ0n) is 8.89. The molecule has 0 aliphatic rings. The second kappa shape index (κ2) is 7.56. The second-order valence-electron chi connectivity index (χ2n) is 3.53. The van der Waals surface area contributed by atoms with E-state index in [2.05, 4.69) is 19.2 Å². The largest absolute Gasteiger partial charge is 0.383 e. The fourth-order valence-corrected chi connectivity index (χ4v) is 1.20. The van der Waals surface area contributed by atoms with Crippen LogP contribution in [0, 0.1) is 5.92 Å². The van der Waals surface area contributed by atoms with E-state index in [9.17, 15) is 0 Å². The summed E-state index contributed by atoms with van der Waals surface area (Å²) >= 11 is 0. The van der Waals surface area contributed by atoms with Crippen LogP contribution >= 0.6 is 0 Å². The summed E-state index contributed by atoms with van der Waals surface area (Å²) in [7, 11) is 3.76. The van der Waals surface area contributed by atoms with Gasteiger partial charge in [-0.2, -0.15) is 0 Å². The van der Waals surface area contributed by atoms with Gasteiger partial charge in [0.05, 0.1) is 6.61 Å². The van der Waals surface area contributed by atoms with E-state index in [0.717, 1.165) is 12.5 Å². The van der Waals surface area contributed by atoms with E-state index < -0.39 is 0 Å². The Morgan fingerprint density at radius 2 is 2.00 bits per heavy atom. The quantitative estimate of drug-likeness (QED) is 0.636. The lowest BCUT2D eigenvalue weighted by Crippen LogP contribution is -2.30. The lowest BCUT2D eigenvalue weighted by atomic mass is 10.00. The molecule has 0 aromatic rings. The fraction of sp³-hybridized carbons (Fsp3) is 1.00. The van der Waals surface area contributed by atoms with Crippen LogP contribution in [0.5, 0.6) is 0 Å². The van der Waals surface area contributed by atoms with Gasteiger partial charge in [-0.25, -0.2) is 0 Å². The van der Waals surface area contributed by atoms with Gasteiger partial charge in [-0.1, -0.05) is 20.3 Å². The summed E-state index contributed by atoms with van der Waals surface area (Å²) < 4.78 is 5.10. The Morgan fingerprint density at radius 1 is 1.33 bits per heavy atom. The first-order chi connectivity index (χ1) is 5.74. The monoisotopic (exact) mass is 173 g/mol. The topological polar surface area (TPSA) is 21.3 Å². The SMILES string of the molecule is CCC(C)CCC(COC)NC. The fourth-order valence-electron chi connectivity index (χ4n) is 1.20. The third-order valence-corrected chi connectivity index (χ3v) is 2.48. The van der Waals surface area contributed by atoms with Crippen molar-refractivity contribution >= 4 is 0 Å². The molecular weight excluding hydrogens is 150 g/mol. The van der Waals surface area contributed by atoms with Crippen molar-refractivity contribution in [3.8, 4) is 0 Å². The van der Waals surface area contributed by atoms with E-state index >= 15 is 0 Å². The van der Waals surface area contributed by atoms with Crippen LogP contribution < -0.4 is 5.32 Å². The summed E-state index contributed by atoms with van der Waals surface area (Å²) in [6.07, 6.45) is 3.80. The van der Waals surface area contributed by atoms with Gasteiger partial charge in [0.15, 0.2) is 0 Å². The van der Waals surface area contributed by atoms with Crippen LogP contribution in [-0.4, -0.2) is 26.8 Å². The molecule has 0 saturated heterocycles. The molecule has 0 rings (SSSR count). The first kappa shape index (κ1) is 11.9. The molecule has 12 heavy (non-hydrogen) atoms. The molecular formula is C10H23NO. The van der Waals surface area contributed by atoms with Gasteiger partial charge in [0.25, 0.3) is 0 Å². The molecule has 0 spiro atoms. The maximum absolute atomic E-state index is 5.10. The van der Waals surface area contributed by atoms with E-state index in [0.29, 0.717) is 6.04 Å². The molecule has 0 radical (unpaired) electrons. The van der Waals surface area contributed by atoms with Gasteiger partial charge in [-0.15, -0.1) is 0 Å². The molecule has 0 amide bonds. The van der Waals surface area contributed by atoms with E-state index in [1.165, 1.54) is 19.3 Å². The van der Waals surface area contributed by atoms with Gasteiger partial charge < -0.3 is 10.1 Å². The van der Waals surface area contributed by atoms with E-state index in [1.54, 1.807) is 7.11 Å². The smallest absolute Gasteiger partial charge is 0.0615 e. The summed E-state index contributed by atoms with van der Waals surface area (Å²) in [6.45, 7) is 5.38. The molecule has 0 aromatic heterocycles. The Kier molecular flexibility index (Phi) is 7.51. The maximum atomic E-state index is 5.10. The van der Waals surface area contributed by atoms with Gasteiger partial charge >= 0.3 is 0 Å². The Labute approximate surface area is 76.7 Å². The van der Waals surface area contributed by atoms with Gasteiger partial charge in [0, 0.05) is 13.2 Å². The normalized spacial score (nSPS) is 16.0. The zero-order chi connectivity index (χ0) is 9.40. The summed E-state index contributed by atoms with van der Waals surface area (Å²) in [5.74, 6) is 0.845. The zero-order valence-corrected chi connectivity index (χ0v) is 8.89. The minimum Gasteiger partial charge on any atom is -0.383 e. The number of rotatable bonds is 7. The van der Waals surface area contributed by atoms with Crippen LogP contribution in [0.1, 0.15) is 33.1 Å². The number of hydrogen-bond donors (Lipinski definition) is 1. The van der Waals surface area contributed by atoms with Crippen molar-refractivity contribution in [3.05, 3.63) is 0 Å². The first-order valence-electron chi connectivity index (χ1n) is 4.90. The van der Waals surface area contributed by atoms with Crippen LogP contribution in [0.15, 0.2) is 0 Å². The van der Waals surface area contributed by atoms with Gasteiger partial charge in [0.2, 0.25) is 0 Å². The van der Waals surface area contributed by atoms with Crippen molar-refractivity contribution < 1.29 is 4.74 Å². The van der Waals surface area contributed by atoms with Crippen LogP contribution in [0.25, 0.3) is 0 Å². The molecule has 2 nitrogen and oxygen atoms in total. The van der Waals surface area contributed by atoms with E-state index in [1.807, 2.05) is 7.05 Å². The third-order valence-electron chi connectivity index (χ3n) is 2.48. The average Bonchev–Trinajstić information content (AvgIpc) is 2.11. The van der Waals surface area contributed by atoms with Gasteiger partial charge in [-0.05, 0) is 25.8 Å². The van der Waals surface area contributed by atoms with Gasteiger partial charge in [0.1, 0.15) is 0 Å². The second-order valence-corrected chi connectivity index (χ2v) is 3.53. The van der Waals surface area contributed by atoms with Crippen molar-refractivity contribution in [3.63, 3.8) is 0 Å². The summed E-state index contributed by atoms with van der Waals surface area (Å²) in [5, 5.41) is 3.26. The number of likely N-dealkylation sites (N-methyl/N-ethyl adjacent to an activating group) is 1. The molecule has 2 atom stereocenters. The number of hydrogen-bond acceptors (Lipinski definition) is 2. The summed E-state index contributed by atoms with van der Waals surface area (Å²) in [6, 6.07) is 0.531. The maximum Gasteiger partial charge on any atom is 0.0615 e. The highest BCUT2D eigenvalue weighted by atomic mass is 16.5. The molecule has 0 fully saturated rings. The standard InChI is InChI=1S/C10H23NO/c1-5-9(2)6-7-10(11-3)8-12-4/h9-11H,5-8H2,1-4H3. The molecule has 0 saturated carbocycles. The minimum absolute atomic E-state index is 0.531. The van der Waals surface area contributed by atoms with Crippen molar-refractivity contribution in [1.29, 1.82) is 0 Å². The predicted molar refractivity (Wildman–Crippen MR) is 53.4 cm³/mol. The lowest BCUT2D eigenvalue weighted by molar-refractivity contribution is 0.162. The Bertz CT molecular complexity index is 95.8.